The largest absolute Gasteiger partial charge is 0.484 e. The molecule has 2 atom stereocenters. The summed E-state index contributed by atoms with van der Waals surface area (Å²) in [4.78, 5) is 1.03. The monoisotopic (exact) mass is 358 g/mol. The number of hydrogen-bond donors (Lipinski definition) is 1. The smallest absolute Gasteiger partial charge is 0.136 e. The van der Waals surface area contributed by atoms with Gasteiger partial charge >= 0.3 is 0 Å². The summed E-state index contributed by atoms with van der Waals surface area (Å²) < 4.78 is 7.57. The first kappa shape index (κ1) is 13.4. The van der Waals surface area contributed by atoms with Crippen LogP contribution in [0.1, 0.15) is 34.6 Å². The fourth-order valence-electron chi connectivity index (χ4n) is 2.26. The second-order valence-corrected chi connectivity index (χ2v) is 7.21. The second-order valence-electron chi connectivity index (χ2n) is 4.67. The summed E-state index contributed by atoms with van der Waals surface area (Å²) >= 11 is 10.9. The highest BCUT2D eigenvalue weighted by Gasteiger charge is 2.29. The Morgan fingerprint density at radius 1 is 1.42 bits per heavy atom. The topological polar surface area (TPSA) is 29.5 Å². The Morgan fingerprint density at radius 3 is 2.89 bits per heavy atom. The van der Waals surface area contributed by atoms with Crippen LogP contribution in [-0.4, -0.2) is 5.11 Å². The van der Waals surface area contributed by atoms with E-state index in [1.165, 1.54) is 11.3 Å². The standard InChI is InChI=1S/C14H12BrClO2S/c1-7-2-3-11-8(4-7)10(17)6-12(18-11)13-5-9(15)14(16)19-13/h2-5,10,12,17H,6H2,1H3/t10-,12?/m0/s1. The zero-order valence-corrected chi connectivity index (χ0v) is 13.3. The molecule has 0 saturated heterocycles. The van der Waals surface area contributed by atoms with Crippen molar-refractivity contribution in [1.29, 1.82) is 0 Å². The Hall–Kier alpha value is -0.550. The van der Waals surface area contributed by atoms with E-state index in [1.54, 1.807) is 0 Å². The highest BCUT2D eigenvalue weighted by molar-refractivity contribution is 9.10. The summed E-state index contributed by atoms with van der Waals surface area (Å²) in [7, 11) is 0. The fourth-order valence-corrected chi connectivity index (χ4v) is 4.04. The molecule has 0 amide bonds. The summed E-state index contributed by atoms with van der Waals surface area (Å²) in [6, 6.07) is 7.85. The van der Waals surface area contributed by atoms with Crippen molar-refractivity contribution in [2.75, 3.05) is 0 Å². The first-order valence-corrected chi connectivity index (χ1v) is 7.93. The third-order valence-corrected chi connectivity index (χ3v) is 5.78. The number of halogens is 2. The van der Waals surface area contributed by atoms with Crippen LogP contribution in [0.15, 0.2) is 28.7 Å². The Kier molecular flexibility index (Phi) is 3.60. The molecule has 5 heteroatoms. The molecule has 0 radical (unpaired) electrons. The average molecular weight is 360 g/mol. The molecule has 2 aromatic rings. The van der Waals surface area contributed by atoms with Crippen molar-refractivity contribution in [3.63, 3.8) is 0 Å². The number of benzene rings is 1. The Morgan fingerprint density at radius 2 is 2.21 bits per heavy atom. The maximum Gasteiger partial charge on any atom is 0.136 e. The number of aliphatic hydroxyl groups excluding tert-OH is 1. The van der Waals surface area contributed by atoms with Crippen LogP contribution in [0.3, 0.4) is 0 Å². The lowest BCUT2D eigenvalue weighted by Gasteiger charge is -2.29. The molecule has 0 spiro atoms. The van der Waals surface area contributed by atoms with E-state index in [1.807, 2.05) is 31.2 Å². The highest BCUT2D eigenvalue weighted by atomic mass is 79.9. The number of thiophene rings is 1. The molecule has 0 fully saturated rings. The third-order valence-electron chi connectivity index (χ3n) is 3.21. The molecule has 100 valence electrons. The van der Waals surface area contributed by atoms with Crippen LogP contribution in [-0.2, 0) is 0 Å². The molecule has 2 nitrogen and oxygen atoms in total. The van der Waals surface area contributed by atoms with Gasteiger partial charge in [0, 0.05) is 21.3 Å². The maximum atomic E-state index is 10.3. The predicted octanol–water partition coefficient (Wildman–Crippen LogP) is 5.03. The minimum atomic E-state index is -0.492. The number of aliphatic hydroxyl groups is 1. The first-order valence-electron chi connectivity index (χ1n) is 5.94. The van der Waals surface area contributed by atoms with E-state index in [-0.39, 0.29) is 6.10 Å². The van der Waals surface area contributed by atoms with Gasteiger partial charge < -0.3 is 9.84 Å². The Labute approximate surface area is 129 Å². The van der Waals surface area contributed by atoms with E-state index in [9.17, 15) is 5.11 Å². The van der Waals surface area contributed by atoms with Crippen LogP contribution in [0.4, 0.5) is 0 Å². The van der Waals surface area contributed by atoms with Crippen molar-refractivity contribution in [1.82, 2.24) is 0 Å². The normalized spacial score (nSPS) is 21.9. The number of hydrogen-bond acceptors (Lipinski definition) is 3. The maximum absolute atomic E-state index is 10.3. The lowest BCUT2D eigenvalue weighted by Crippen LogP contribution is -2.18. The molecule has 1 unspecified atom stereocenters. The molecule has 1 aliphatic rings. The highest BCUT2D eigenvalue weighted by Crippen LogP contribution is 2.45. The molecule has 1 aromatic heterocycles. The lowest BCUT2D eigenvalue weighted by molar-refractivity contribution is 0.0673. The van der Waals surface area contributed by atoms with Crippen LogP contribution >= 0.6 is 38.9 Å². The van der Waals surface area contributed by atoms with Gasteiger partial charge in [-0.2, -0.15) is 0 Å². The molecule has 1 aliphatic heterocycles. The van der Waals surface area contributed by atoms with Crippen LogP contribution < -0.4 is 4.74 Å². The second kappa shape index (κ2) is 5.09. The zero-order valence-electron chi connectivity index (χ0n) is 10.2. The van der Waals surface area contributed by atoms with E-state index < -0.39 is 6.10 Å². The molecular formula is C14H12BrClO2S. The van der Waals surface area contributed by atoms with Crippen molar-refractivity contribution >= 4 is 38.9 Å². The third kappa shape index (κ3) is 2.55. The van der Waals surface area contributed by atoms with Gasteiger partial charge in [0.2, 0.25) is 0 Å². The van der Waals surface area contributed by atoms with Crippen molar-refractivity contribution in [3.8, 4) is 5.75 Å². The van der Waals surface area contributed by atoms with Gasteiger partial charge in [0.25, 0.3) is 0 Å². The number of fused-ring (bicyclic) bond motifs is 1. The van der Waals surface area contributed by atoms with E-state index in [4.69, 9.17) is 16.3 Å². The van der Waals surface area contributed by atoms with Gasteiger partial charge in [-0.3, -0.25) is 0 Å². The molecule has 3 rings (SSSR count). The summed E-state index contributed by atoms with van der Waals surface area (Å²) in [6.07, 6.45) is -0.0768. The SMILES string of the molecule is Cc1ccc2c(c1)[C@@H](O)CC(c1cc(Br)c(Cl)s1)O2. The summed E-state index contributed by atoms with van der Waals surface area (Å²) in [5.41, 5.74) is 2.00. The van der Waals surface area contributed by atoms with Crippen LogP contribution in [0.25, 0.3) is 0 Å². The summed E-state index contributed by atoms with van der Waals surface area (Å²) in [5.74, 6) is 0.759. The van der Waals surface area contributed by atoms with Gasteiger partial charge in [-0.15, -0.1) is 11.3 Å². The Balaban J connectivity index is 1.94. The van der Waals surface area contributed by atoms with Crippen LogP contribution in [0.5, 0.6) is 5.75 Å². The first-order chi connectivity index (χ1) is 9.04. The predicted molar refractivity (Wildman–Crippen MR) is 81.2 cm³/mol. The van der Waals surface area contributed by atoms with E-state index in [0.29, 0.717) is 10.8 Å². The van der Waals surface area contributed by atoms with E-state index in [2.05, 4.69) is 15.9 Å². The van der Waals surface area contributed by atoms with Gasteiger partial charge in [-0.1, -0.05) is 23.2 Å². The minimum absolute atomic E-state index is 0.140. The number of ether oxygens (including phenoxy) is 1. The molecule has 1 aromatic carbocycles. The van der Waals surface area contributed by atoms with Crippen molar-refractivity contribution in [3.05, 3.63) is 49.1 Å². The van der Waals surface area contributed by atoms with Crippen LogP contribution in [0.2, 0.25) is 4.34 Å². The molecule has 2 heterocycles. The average Bonchev–Trinajstić information content (AvgIpc) is 2.70. The molecule has 0 aliphatic carbocycles. The van der Waals surface area contributed by atoms with Gasteiger partial charge in [0.1, 0.15) is 16.2 Å². The number of aryl methyl sites for hydroxylation is 1. The van der Waals surface area contributed by atoms with Gasteiger partial charge in [0.05, 0.1) is 6.10 Å². The van der Waals surface area contributed by atoms with Gasteiger partial charge in [-0.05, 0) is 41.1 Å². The van der Waals surface area contributed by atoms with E-state index in [0.717, 1.165) is 26.2 Å². The quantitative estimate of drug-likeness (QED) is 0.774. The van der Waals surface area contributed by atoms with Crippen molar-refractivity contribution in [2.24, 2.45) is 0 Å². The van der Waals surface area contributed by atoms with Crippen molar-refractivity contribution in [2.45, 2.75) is 25.6 Å². The lowest BCUT2D eigenvalue weighted by atomic mass is 9.97. The van der Waals surface area contributed by atoms with Gasteiger partial charge in [-0.25, -0.2) is 0 Å². The fraction of sp³-hybridized carbons (Fsp3) is 0.286. The molecule has 0 saturated carbocycles. The molecular weight excluding hydrogens is 348 g/mol. The molecule has 0 bridgehead atoms. The van der Waals surface area contributed by atoms with Crippen molar-refractivity contribution < 1.29 is 9.84 Å². The summed E-state index contributed by atoms with van der Waals surface area (Å²) in [6.45, 7) is 2.01. The molecule has 19 heavy (non-hydrogen) atoms. The number of rotatable bonds is 1. The van der Waals surface area contributed by atoms with Gasteiger partial charge in [0.15, 0.2) is 0 Å². The zero-order chi connectivity index (χ0) is 13.6. The summed E-state index contributed by atoms with van der Waals surface area (Å²) in [5, 5.41) is 10.3. The molecule has 1 N–H and O–H groups in total. The van der Waals surface area contributed by atoms with Crippen LogP contribution in [0, 0.1) is 6.92 Å². The minimum Gasteiger partial charge on any atom is -0.484 e. The Bertz CT molecular complexity index is 606. The van der Waals surface area contributed by atoms with E-state index >= 15 is 0 Å².